The van der Waals surface area contributed by atoms with Crippen molar-refractivity contribution in [3.8, 4) is 6.07 Å². The Labute approximate surface area is 130 Å². The first kappa shape index (κ1) is 13.5. The molecular formula is C17H10N2O4. The standard InChI is InChI=1S/C17H10N2O4/c18-7-10-16(19)23-12-6-5-11(20)13(12)17(10)14(21)8-3-1-2-4-9(8)15(17)22/h1-4H,5-6,19H2. The van der Waals surface area contributed by atoms with Crippen LogP contribution in [0.3, 0.4) is 0 Å². The molecule has 1 spiro atoms. The first-order valence-corrected chi connectivity index (χ1v) is 7.07. The summed E-state index contributed by atoms with van der Waals surface area (Å²) in [6, 6.07) is 8.12. The quantitative estimate of drug-likeness (QED) is 0.725. The summed E-state index contributed by atoms with van der Waals surface area (Å²) in [5.74, 6) is -1.57. The lowest BCUT2D eigenvalue weighted by Gasteiger charge is -2.31. The molecule has 3 aliphatic rings. The van der Waals surface area contributed by atoms with Crippen molar-refractivity contribution in [1.29, 1.82) is 5.26 Å². The number of fused-ring (bicyclic) bond motifs is 2. The number of nitrogens with zero attached hydrogens (tertiary/aromatic N) is 1. The highest BCUT2D eigenvalue weighted by Crippen LogP contribution is 2.54. The third-order valence-corrected chi connectivity index (χ3v) is 4.58. The first-order valence-electron chi connectivity index (χ1n) is 7.07. The minimum Gasteiger partial charge on any atom is -0.444 e. The second-order valence-electron chi connectivity index (χ2n) is 5.63. The van der Waals surface area contributed by atoms with Crippen LogP contribution in [0.25, 0.3) is 0 Å². The molecule has 1 aromatic carbocycles. The number of hydrogen-bond acceptors (Lipinski definition) is 6. The highest BCUT2D eigenvalue weighted by Gasteiger charge is 2.64. The van der Waals surface area contributed by atoms with E-state index < -0.39 is 17.0 Å². The van der Waals surface area contributed by atoms with Crippen molar-refractivity contribution in [3.05, 3.63) is 58.2 Å². The Balaban J connectivity index is 2.11. The molecule has 1 heterocycles. The molecule has 6 heteroatoms. The Morgan fingerprint density at radius 3 is 2.26 bits per heavy atom. The third kappa shape index (κ3) is 1.35. The van der Waals surface area contributed by atoms with Crippen LogP contribution in [0.2, 0.25) is 0 Å². The van der Waals surface area contributed by atoms with Gasteiger partial charge < -0.3 is 10.5 Å². The Morgan fingerprint density at radius 1 is 1.09 bits per heavy atom. The SMILES string of the molecule is N#CC1=C(N)OC2=C(C(=O)CC2)C12C(=O)c1ccccc1C2=O. The van der Waals surface area contributed by atoms with Crippen LogP contribution in [0, 0.1) is 16.7 Å². The second-order valence-corrected chi connectivity index (χ2v) is 5.63. The molecule has 0 atom stereocenters. The number of ether oxygens (including phenoxy) is 1. The van der Waals surface area contributed by atoms with Gasteiger partial charge in [0.2, 0.25) is 5.88 Å². The molecule has 0 saturated heterocycles. The van der Waals surface area contributed by atoms with Crippen molar-refractivity contribution in [2.24, 2.45) is 11.1 Å². The topological polar surface area (TPSA) is 110 Å². The molecule has 0 aromatic heterocycles. The van der Waals surface area contributed by atoms with E-state index in [4.69, 9.17) is 10.5 Å². The molecule has 0 unspecified atom stereocenters. The minimum absolute atomic E-state index is 0.0190. The van der Waals surface area contributed by atoms with Crippen LogP contribution in [-0.2, 0) is 9.53 Å². The molecule has 0 radical (unpaired) electrons. The van der Waals surface area contributed by atoms with Crippen LogP contribution >= 0.6 is 0 Å². The fourth-order valence-electron chi connectivity index (χ4n) is 3.63. The van der Waals surface area contributed by atoms with E-state index in [1.807, 2.05) is 6.07 Å². The normalized spacial score (nSPS) is 21.4. The monoisotopic (exact) mass is 306 g/mol. The van der Waals surface area contributed by atoms with E-state index in [1.54, 1.807) is 12.1 Å². The first-order chi connectivity index (χ1) is 11.0. The molecule has 2 N–H and O–H groups in total. The van der Waals surface area contributed by atoms with Gasteiger partial charge >= 0.3 is 0 Å². The van der Waals surface area contributed by atoms with Crippen LogP contribution < -0.4 is 5.73 Å². The Bertz CT molecular complexity index is 895. The van der Waals surface area contributed by atoms with Gasteiger partial charge in [-0.15, -0.1) is 0 Å². The number of carbonyl (C=O) groups excluding carboxylic acids is 3. The number of rotatable bonds is 0. The lowest BCUT2D eigenvalue weighted by molar-refractivity contribution is -0.115. The van der Waals surface area contributed by atoms with Gasteiger partial charge in [0.05, 0.1) is 5.57 Å². The average Bonchev–Trinajstić information content (AvgIpc) is 3.01. The number of nitrogens with two attached hydrogens (primary N) is 1. The van der Waals surface area contributed by atoms with Crippen molar-refractivity contribution in [3.63, 3.8) is 0 Å². The van der Waals surface area contributed by atoms with E-state index in [0.717, 1.165) is 0 Å². The lowest BCUT2D eigenvalue weighted by atomic mass is 9.68. The highest BCUT2D eigenvalue weighted by molar-refractivity contribution is 6.36. The van der Waals surface area contributed by atoms with E-state index in [9.17, 15) is 19.6 Å². The van der Waals surface area contributed by atoms with Crippen molar-refractivity contribution in [2.45, 2.75) is 12.8 Å². The van der Waals surface area contributed by atoms with Crippen LogP contribution in [0.4, 0.5) is 0 Å². The lowest BCUT2D eigenvalue weighted by Crippen LogP contribution is -2.43. The average molecular weight is 306 g/mol. The van der Waals surface area contributed by atoms with E-state index in [2.05, 4.69) is 0 Å². The van der Waals surface area contributed by atoms with Crippen LogP contribution in [0.15, 0.2) is 47.1 Å². The predicted octanol–water partition coefficient (Wildman–Crippen LogP) is 1.39. The van der Waals surface area contributed by atoms with Gasteiger partial charge in [-0.1, -0.05) is 24.3 Å². The van der Waals surface area contributed by atoms with Crippen molar-refractivity contribution >= 4 is 17.3 Å². The van der Waals surface area contributed by atoms with Crippen molar-refractivity contribution in [2.75, 3.05) is 0 Å². The zero-order valence-electron chi connectivity index (χ0n) is 11.9. The van der Waals surface area contributed by atoms with Gasteiger partial charge in [0.15, 0.2) is 22.8 Å². The van der Waals surface area contributed by atoms with Crippen molar-refractivity contribution < 1.29 is 19.1 Å². The molecule has 0 amide bonds. The van der Waals surface area contributed by atoms with Gasteiger partial charge in [-0.25, -0.2) is 0 Å². The summed E-state index contributed by atoms with van der Waals surface area (Å²) < 4.78 is 5.36. The molecule has 112 valence electrons. The summed E-state index contributed by atoms with van der Waals surface area (Å²) in [4.78, 5) is 38.5. The van der Waals surface area contributed by atoms with Gasteiger partial charge in [-0.3, -0.25) is 14.4 Å². The third-order valence-electron chi connectivity index (χ3n) is 4.58. The van der Waals surface area contributed by atoms with Crippen LogP contribution in [0.5, 0.6) is 0 Å². The molecule has 2 aliphatic carbocycles. The maximum Gasteiger partial charge on any atom is 0.206 e. The van der Waals surface area contributed by atoms with Gasteiger partial charge in [0, 0.05) is 24.0 Å². The second kappa shape index (κ2) is 4.17. The maximum atomic E-state index is 13.1. The smallest absolute Gasteiger partial charge is 0.206 e. The maximum absolute atomic E-state index is 13.1. The van der Waals surface area contributed by atoms with E-state index in [-0.39, 0.29) is 52.5 Å². The van der Waals surface area contributed by atoms with Crippen LogP contribution in [0.1, 0.15) is 33.6 Å². The molecule has 1 aromatic rings. The van der Waals surface area contributed by atoms with Gasteiger partial charge in [0.1, 0.15) is 17.4 Å². The predicted molar refractivity (Wildman–Crippen MR) is 76.7 cm³/mol. The number of allylic oxidation sites excluding steroid dienone is 3. The molecule has 6 nitrogen and oxygen atoms in total. The summed E-state index contributed by atoms with van der Waals surface area (Å²) in [6.07, 6.45) is 0.404. The molecule has 1 aliphatic heterocycles. The van der Waals surface area contributed by atoms with Crippen LogP contribution in [-0.4, -0.2) is 17.3 Å². The number of ketones is 3. The Hall–Kier alpha value is -3.20. The number of hydrogen-bond donors (Lipinski definition) is 1. The highest BCUT2D eigenvalue weighted by atomic mass is 16.5. The van der Waals surface area contributed by atoms with Gasteiger partial charge in [-0.2, -0.15) is 5.26 Å². The fourth-order valence-corrected chi connectivity index (χ4v) is 3.63. The number of benzene rings is 1. The number of nitriles is 1. The largest absolute Gasteiger partial charge is 0.444 e. The van der Waals surface area contributed by atoms with Crippen molar-refractivity contribution in [1.82, 2.24) is 0 Å². The summed E-state index contributed by atoms with van der Waals surface area (Å²) in [6.45, 7) is 0. The number of Topliss-reactive ketones (excluding diaryl/α,β-unsaturated/α-hetero) is 3. The molecule has 0 bridgehead atoms. The van der Waals surface area contributed by atoms with Gasteiger partial charge in [-0.05, 0) is 0 Å². The summed E-state index contributed by atoms with van der Waals surface area (Å²) >= 11 is 0. The number of carbonyl (C=O) groups is 3. The zero-order chi connectivity index (χ0) is 16.4. The summed E-state index contributed by atoms with van der Waals surface area (Å²) in [5.41, 5.74) is 3.91. The fraction of sp³-hybridized carbons (Fsp3) is 0.176. The van der Waals surface area contributed by atoms with E-state index in [0.29, 0.717) is 0 Å². The van der Waals surface area contributed by atoms with E-state index >= 15 is 0 Å². The molecule has 0 saturated carbocycles. The summed E-state index contributed by atoms with van der Waals surface area (Å²) in [5, 5.41) is 9.50. The molecule has 23 heavy (non-hydrogen) atoms. The zero-order valence-corrected chi connectivity index (χ0v) is 11.9. The van der Waals surface area contributed by atoms with E-state index in [1.165, 1.54) is 12.1 Å². The van der Waals surface area contributed by atoms with Gasteiger partial charge in [0.25, 0.3) is 0 Å². The Morgan fingerprint density at radius 2 is 1.70 bits per heavy atom. The minimum atomic E-state index is -1.97. The Kier molecular flexibility index (Phi) is 2.44. The molecule has 0 fully saturated rings. The molecular weight excluding hydrogens is 296 g/mol. The summed E-state index contributed by atoms with van der Waals surface area (Å²) in [7, 11) is 0. The molecule has 4 rings (SSSR count).